The molecule has 1 saturated heterocycles. The third kappa shape index (κ3) is 2.20. The lowest BCUT2D eigenvalue weighted by molar-refractivity contribution is 0.242. The topological polar surface area (TPSA) is 15.3 Å². The average Bonchev–Trinajstić information content (AvgIpc) is 2.78. The van der Waals surface area contributed by atoms with Gasteiger partial charge in [0.15, 0.2) is 0 Å². The number of nitrogens with one attached hydrogen (secondary N) is 1. The minimum absolute atomic E-state index is 0.699. The van der Waals surface area contributed by atoms with Crippen LogP contribution in [0.15, 0.2) is 0 Å². The van der Waals surface area contributed by atoms with Gasteiger partial charge in [0.05, 0.1) is 0 Å². The van der Waals surface area contributed by atoms with Crippen LogP contribution < -0.4 is 5.32 Å². The van der Waals surface area contributed by atoms with Crippen molar-refractivity contribution in [2.45, 2.75) is 26.2 Å². The van der Waals surface area contributed by atoms with E-state index < -0.39 is 0 Å². The van der Waals surface area contributed by atoms with Crippen molar-refractivity contribution in [2.75, 3.05) is 32.7 Å². The average molecular weight is 168 g/mol. The van der Waals surface area contributed by atoms with E-state index in [1.807, 2.05) is 0 Å². The molecule has 0 aromatic rings. The molecule has 0 spiro atoms. The summed E-state index contributed by atoms with van der Waals surface area (Å²) in [6.45, 7) is 8.74. The third-order valence-corrected chi connectivity index (χ3v) is 3.14. The summed E-state index contributed by atoms with van der Waals surface area (Å²) < 4.78 is 0. The minimum Gasteiger partial charge on any atom is -0.315 e. The van der Waals surface area contributed by atoms with Gasteiger partial charge in [0.2, 0.25) is 0 Å². The Morgan fingerprint density at radius 3 is 2.83 bits per heavy atom. The van der Waals surface area contributed by atoms with Crippen LogP contribution in [0.4, 0.5) is 0 Å². The van der Waals surface area contributed by atoms with E-state index in [-0.39, 0.29) is 0 Å². The van der Waals surface area contributed by atoms with Gasteiger partial charge in [-0.1, -0.05) is 6.92 Å². The fourth-order valence-corrected chi connectivity index (χ4v) is 1.97. The van der Waals surface area contributed by atoms with Gasteiger partial charge in [0.1, 0.15) is 0 Å². The highest BCUT2D eigenvalue weighted by atomic mass is 15.2. The zero-order valence-corrected chi connectivity index (χ0v) is 8.10. The quantitative estimate of drug-likeness (QED) is 0.664. The highest BCUT2D eigenvalue weighted by molar-refractivity contribution is 4.91. The summed E-state index contributed by atoms with van der Waals surface area (Å²) in [5.41, 5.74) is 0.699. The van der Waals surface area contributed by atoms with Crippen molar-refractivity contribution in [3.05, 3.63) is 0 Å². The summed E-state index contributed by atoms with van der Waals surface area (Å²) in [6.07, 6.45) is 4.24. The number of hydrogen-bond acceptors (Lipinski definition) is 2. The van der Waals surface area contributed by atoms with Crippen molar-refractivity contribution in [2.24, 2.45) is 5.41 Å². The Morgan fingerprint density at radius 1 is 1.25 bits per heavy atom. The van der Waals surface area contributed by atoms with Gasteiger partial charge in [-0.05, 0) is 37.8 Å². The van der Waals surface area contributed by atoms with Crippen LogP contribution in [0.25, 0.3) is 0 Å². The van der Waals surface area contributed by atoms with Crippen LogP contribution in [0.3, 0.4) is 0 Å². The van der Waals surface area contributed by atoms with Crippen LogP contribution >= 0.6 is 0 Å². The van der Waals surface area contributed by atoms with Gasteiger partial charge in [0.25, 0.3) is 0 Å². The fraction of sp³-hybridized carbons (Fsp3) is 1.00. The van der Waals surface area contributed by atoms with Crippen LogP contribution in [0.2, 0.25) is 0 Å². The summed E-state index contributed by atoms with van der Waals surface area (Å²) in [7, 11) is 0. The molecule has 0 aromatic carbocycles. The summed E-state index contributed by atoms with van der Waals surface area (Å²) in [4.78, 5) is 2.63. The van der Waals surface area contributed by atoms with E-state index in [2.05, 4.69) is 17.1 Å². The van der Waals surface area contributed by atoms with Gasteiger partial charge in [0, 0.05) is 19.6 Å². The van der Waals surface area contributed by atoms with Gasteiger partial charge >= 0.3 is 0 Å². The van der Waals surface area contributed by atoms with Crippen LogP contribution in [0.1, 0.15) is 26.2 Å². The Kier molecular flexibility index (Phi) is 2.37. The number of rotatable bonds is 2. The Hall–Kier alpha value is -0.0800. The predicted molar refractivity (Wildman–Crippen MR) is 51.3 cm³/mol. The summed E-state index contributed by atoms with van der Waals surface area (Å²) in [5, 5.41) is 3.44. The summed E-state index contributed by atoms with van der Waals surface area (Å²) >= 11 is 0. The summed E-state index contributed by atoms with van der Waals surface area (Å²) in [5.74, 6) is 0. The lowest BCUT2D eigenvalue weighted by atomic mass is 10.1. The Bertz CT molecular complexity index is 144. The smallest absolute Gasteiger partial charge is 0.0107 e. The molecule has 1 aliphatic carbocycles. The summed E-state index contributed by atoms with van der Waals surface area (Å²) in [6, 6.07) is 0. The van der Waals surface area contributed by atoms with E-state index in [1.165, 1.54) is 52.0 Å². The second kappa shape index (κ2) is 3.35. The standard InChI is InChI=1S/C10H20N2/c1-10(3-4-10)9-12-7-2-5-11-6-8-12/h11H,2-9H2,1H3. The molecule has 0 amide bonds. The first-order valence-corrected chi connectivity index (χ1v) is 5.22. The van der Waals surface area contributed by atoms with E-state index in [1.54, 1.807) is 0 Å². The van der Waals surface area contributed by atoms with Crippen LogP contribution in [0, 0.1) is 5.41 Å². The molecule has 0 bridgehead atoms. The minimum atomic E-state index is 0.699. The lowest BCUT2D eigenvalue weighted by Gasteiger charge is -2.23. The van der Waals surface area contributed by atoms with E-state index >= 15 is 0 Å². The molecular formula is C10H20N2. The molecule has 0 radical (unpaired) electrons. The molecule has 0 unspecified atom stereocenters. The van der Waals surface area contributed by atoms with E-state index in [9.17, 15) is 0 Å². The van der Waals surface area contributed by atoms with Gasteiger partial charge < -0.3 is 10.2 Å². The maximum atomic E-state index is 3.44. The maximum Gasteiger partial charge on any atom is 0.0107 e. The normalized spacial score (nSPS) is 29.8. The maximum absolute atomic E-state index is 3.44. The third-order valence-electron chi connectivity index (χ3n) is 3.14. The largest absolute Gasteiger partial charge is 0.315 e. The van der Waals surface area contributed by atoms with Crippen molar-refractivity contribution in [3.63, 3.8) is 0 Å². The van der Waals surface area contributed by atoms with Crippen LogP contribution in [0.5, 0.6) is 0 Å². The van der Waals surface area contributed by atoms with Gasteiger partial charge in [-0.2, -0.15) is 0 Å². The van der Waals surface area contributed by atoms with Gasteiger partial charge in [-0.25, -0.2) is 0 Å². The van der Waals surface area contributed by atoms with Crippen molar-refractivity contribution in [1.82, 2.24) is 10.2 Å². The molecule has 1 saturated carbocycles. The highest BCUT2D eigenvalue weighted by Gasteiger charge is 2.38. The second-order valence-corrected chi connectivity index (χ2v) is 4.69. The zero-order valence-electron chi connectivity index (χ0n) is 8.10. The molecule has 0 aromatic heterocycles. The zero-order chi connectivity index (χ0) is 8.44. The molecule has 1 heterocycles. The van der Waals surface area contributed by atoms with Crippen molar-refractivity contribution in [1.29, 1.82) is 0 Å². The van der Waals surface area contributed by atoms with E-state index in [4.69, 9.17) is 0 Å². The highest BCUT2D eigenvalue weighted by Crippen LogP contribution is 2.45. The Morgan fingerprint density at radius 2 is 2.08 bits per heavy atom. The first-order valence-electron chi connectivity index (χ1n) is 5.22. The first-order chi connectivity index (χ1) is 5.79. The molecule has 2 aliphatic rings. The van der Waals surface area contributed by atoms with Crippen molar-refractivity contribution < 1.29 is 0 Å². The van der Waals surface area contributed by atoms with E-state index in [0.29, 0.717) is 5.41 Å². The monoisotopic (exact) mass is 168 g/mol. The van der Waals surface area contributed by atoms with Crippen LogP contribution in [-0.2, 0) is 0 Å². The van der Waals surface area contributed by atoms with Crippen molar-refractivity contribution in [3.8, 4) is 0 Å². The molecule has 0 atom stereocenters. The SMILES string of the molecule is CC1(CN2CCCNCC2)CC1. The predicted octanol–water partition coefficient (Wildman–Crippen LogP) is 1.08. The molecule has 1 aliphatic heterocycles. The van der Waals surface area contributed by atoms with Crippen LogP contribution in [-0.4, -0.2) is 37.6 Å². The first kappa shape index (κ1) is 8.52. The molecular weight excluding hydrogens is 148 g/mol. The molecule has 12 heavy (non-hydrogen) atoms. The molecule has 2 nitrogen and oxygen atoms in total. The lowest BCUT2D eigenvalue weighted by Crippen LogP contribution is -2.32. The molecule has 2 heteroatoms. The number of hydrogen-bond donors (Lipinski definition) is 1. The van der Waals surface area contributed by atoms with Gasteiger partial charge in [-0.3, -0.25) is 0 Å². The second-order valence-electron chi connectivity index (χ2n) is 4.69. The molecule has 1 N–H and O–H groups in total. The van der Waals surface area contributed by atoms with Crippen molar-refractivity contribution >= 4 is 0 Å². The molecule has 2 rings (SSSR count). The number of nitrogens with zero attached hydrogens (tertiary/aromatic N) is 1. The van der Waals surface area contributed by atoms with Gasteiger partial charge in [-0.15, -0.1) is 0 Å². The Labute approximate surface area is 75.3 Å². The molecule has 70 valence electrons. The molecule has 2 fully saturated rings. The van der Waals surface area contributed by atoms with E-state index in [0.717, 1.165) is 0 Å². The fourth-order valence-electron chi connectivity index (χ4n) is 1.97. The Balaban J connectivity index is 1.77.